The summed E-state index contributed by atoms with van der Waals surface area (Å²) < 4.78 is 89.8. The van der Waals surface area contributed by atoms with Crippen molar-refractivity contribution >= 4 is 43.6 Å². The zero-order valence-corrected chi connectivity index (χ0v) is 26.6. The zero-order chi connectivity index (χ0) is 41.7. The van der Waals surface area contributed by atoms with Gasteiger partial charge in [0.25, 0.3) is 0 Å². The number of para-hydroxylation sites is 3. The van der Waals surface area contributed by atoms with Crippen LogP contribution in [0.1, 0.15) is 13.7 Å². The predicted octanol–water partition coefficient (Wildman–Crippen LogP) is 12.9. The van der Waals surface area contributed by atoms with Crippen molar-refractivity contribution in [2.24, 2.45) is 0 Å². The highest BCUT2D eigenvalue weighted by molar-refractivity contribution is 6.13. The second-order valence-electron chi connectivity index (χ2n) is 12.3. The molecule has 0 aliphatic carbocycles. The highest BCUT2D eigenvalue weighted by Crippen LogP contribution is 2.39. The van der Waals surface area contributed by atoms with Gasteiger partial charge in [-0.05, 0) is 100 Å². The van der Waals surface area contributed by atoms with Gasteiger partial charge in [-0.15, -0.1) is 0 Å². The Morgan fingerprint density at radius 2 is 0.800 bits per heavy atom. The number of rotatable bonds is 5. The van der Waals surface area contributed by atoms with Crippen molar-refractivity contribution in [1.29, 1.82) is 0 Å². The highest BCUT2D eigenvalue weighted by atomic mass is 15.0. The summed E-state index contributed by atoms with van der Waals surface area (Å²) in [5.41, 5.74) is 7.61. The fourth-order valence-electron chi connectivity index (χ4n) is 7.26. The van der Waals surface area contributed by atoms with Crippen LogP contribution in [0.4, 0.5) is 0 Å². The number of nitrogens with zero attached hydrogens (tertiary/aromatic N) is 2. The molecule has 0 aliphatic rings. The van der Waals surface area contributed by atoms with Gasteiger partial charge >= 0.3 is 0 Å². The minimum atomic E-state index is -0.531. The third kappa shape index (κ3) is 4.57. The van der Waals surface area contributed by atoms with Crippen LogP contribution in [0.15, 0.2) is 194 Å². The van der Waals surface area contributed by atoms with E-state index in [0.29, 0.717) is 11.1 Å². The van der Waals surface area contributed by atoms with E-state index in [-0.39, 0.29) is 22.3 Å². The number of benzene rings is 8. The van der Waals surface area contributed by atoms with E-state index in [1.807, 2.05) is 48.5 Å². The van der Waals surface area contributed by atoms with Gasteiger partial charge in [0, 0.05) is 32.9 Å². The van der Waals surface area contributed by atoms with Crippen molar-refractivity contribution < 1.29 is 13.7 Å². The van der Waals surface area contributed by atoms with E-state index in [1.54, 1.807) is 12.1 Å². The van der Waals surface area contributed by atoms with Crippen LogP contribution in [0.3, 0.4) is 0 Å². The van der Waals surface area contributed by atoms with Gasteiger partial charge < -0.3 is 9.13 Å². The molecule has 8 aromatic carbocycles. The van der Waals surface area contributed by atoms with E-state index < -0.39 is 60.4 Å². The van der Waals surface area contributed by atoms with Crippen molar-refractivity contribution in [2.45, 2.75) is 0 Å². The van der Waals surface area contributed by atoms with E-state index in [0.717, 1.165) is 44.2 Å². The maximum atomic E-state index is 8.82. The lowest BCUT2D eigenvalue weighted by Crippen LogP contribution is -1.95. The average molecular weight is 647 g/mol. The summed E-state index contributed by atoms with van der Waals surface area (Å²) in [6.07, 6.45) is 0. The summed E-state index contributed by atoms with van der Waals surface area (Å²) >= 11 is 0. The summed E-state index contributed by atoms with van der Waals surface area (Å²) in [6.45, 7) is 0. The van der Waals surface area contributed by atoms with E-state index in [1.165, 1.54) is 16.8 Å². The summed E-state index contributed by atoms with van der Waals surface area (Å²) in [5, 5.41) is 4.33. The van der Waals surface area contributed by atoms with Crippen molar-refractivity contribution in [1.82, 2.24) is 9.13 Å². The Hall–Kier alpha value is -6.64. The molecule has 2 heterocycles. The Morgan fingerprint density at radius 3 is 1.42 bits per heavy atom. The van der Waals surface area contributed by atoms with Crippen molar-refractivity contribution in [3.63, 3.8) is 0 Å². The third-order valence-electron chi connectivity index (χ3n) is 9.45. The molecule has 0 spiro atoms. The smallest absolute Gasteiger partial charge is 0.0629 e. The normalized spacial score (nSPS) is 14.4. The van der Waals surface area contributed by atoms with Crippen molar-refractivity contribution in [2.75, 3.05) is 0 Å². The molecule has 2 heteroatoms. The van der Waals surface area contributed by atoms with Gasteiger partial charge in [-0.25, -0.2) is 0 Å². The highest BCUT2D eigenvalue weighted by Gasteiger charge is 2.17. The molecule has 0 unspecified atom stereocenters. The van der Waals surface area contributed by atoms with Gasteiger partial charge in [0.05, 0.1) is 35.8 Å². The van der Waals surface area contributed by atoms with Crippen LogP contribution < -0.4 is 0 Å². The maximum Gasteiger partial charge on any atom is 0.0629 e. The lowest BCUT2D eigenvalue weighted by molar-refractivity contribution is 1.17. The van der Waals surface area contributed by atoms with Gasteiger partial charge in [0.2, 0.25) is 0 Å². The van der Waals surface area contributed by atoms with Crippen LogP contribution in [-0.2, 0) is 0 Å². The second kappa shape index (κ2) is 11.5. The maximum absolute atomic E-state index is 8.82. The number of hydrogen-bond acceptors (Lipinski definition) is 0. The first-order valence-corrected chi connectivity index (χ1v) is 16.4. The molecular weight excluding hydrogens is 605 g/mol. The largest absolute Gasteiger partial charge is 0.309 e. The summed E-state index contributed by atoms with van der Waals surface area (Å²) in [4.78, 5) is 0. The predicted molar refractivity (Wildman–Crippen MR) is 211 cm³/mol. The monoisotopic (exact) mass is 646 g/mol. The first-order chi connectivity index (χ1) is 28.9. The molecule has 10 aromatic rings. The van der Waals surface area contributed by atoms with Crippen LogP contribution in [-0.4, -0.2) is 9.13 Å². The topological polar surface area (TPSA) is 9.86 Å². The Kier molecular flexibility index (Phi) is 4.60. The van der Waals surface area contributed by atoms with Gasteiger partial charge in [0.1, 0.15) is 0 Å². The molecule has 0 bridgehead atoms. The SMILES string of the molecule is [2H]c1c([2H])c([2H])c(-c2cc(-c3ccc4c5cc(-n6c7ccccc7c7ccccc76)ccc5n(-c5ccccc5)c4c3)cc(-c3c([2H])c([2H])c([2H])c([2H])c3[2H])c2)c([2H])c1[2H]. The third-order valence-corrected chi connectivity index (χ3v) is 9.45. The molecule has 234 valence electrons. The molecule has 0 saturated heterocycles. The average Bonchev–Trinajstić information content (AvgIpc) is 3.79. The summed E-state index contributed by atoms with van der Waals surface area (Å²) in [6, 6.07) is 39.6. The number of aromatic nitrogens is 2. The molecular formula is C48H32N2. The fourth-order valence-corrected chi connectivity index (χ4v) is 7.26. The Labute approximate surface area is 304 Å². The molecule has 0 fully saturated rings. The zero-order valence-electron chi connectivity index (χ0n) is 36.6. The van der Waals surface area contributed by atoms with Crippen molar-refractivity contribution in [3.8, 4) is 44.8 Å². The van der Waals surface area contributed by atoms with Gasteiger partial charge in [0.15, 0.2) is 0 Å². The molecule has 0 radical (unpaired) electrons. The number of hydrogen-bond donors (Lipinski definition) is 0. The molecule has 2 aromatic heterocycles. The first kappa shape index (κ1) is 20.0. The molecule has 2 nitrogen and oxygen atoms in total. The minimum absolute atomic E-state index is 0.0615. The van der Waals surface area contributed by atoms with E-state index >= 15 is 0 Å². The molecule has 0 amide bonds. The molecule has 0 aliphatic heterocycles. The molecule has 50 heavy (non-hydrogen) atoms. The molecule has 10 rings (SSSR count). The van der Waals surface area contributed by atoms with Crippen LogP contribution in [0.25, 0.3) is 88.4 Å². The molecule has 0 atom stereocenters. The van der Waals surface area contributed by atoms with Crippen molar-refractivity contribution in [3.05, 3.63) is 194 Å². The second-order valence-corrected chi connectivity index (χ2v) is 12.3. The summed E-state index contributed by atoms with van der Waals surface area (Å²) in [7, 11) is 0. The number of fused-ring (bicyclic) bond motifs is 6. The van der Waals surface area contributed by atoms with Crippen LogP contribution >= 0.6 is 0 Å². The first-order valence-electron chi connectivity index (χ1n) is 21.4. The fraction of sp³-hybridized carbons (Fsp3) is 0. The van der Waals surface area contributed by atoms with Crippen LogP contribution in [0.2, 0.25) is 0 Å². The molecule has 0 saturated carbocycles. The minimum Gasteiger partial charge on any atom is -0.309 e. The Balaban J connectivity index is 1.25. The molecule has 0 N–H and O–H groups in total. The lowest BCUT2D eigenvalue weighted by atomic mass is 9.93. The Bertz CT molecular complexity index is 3240. The standard InChI is InChI=1S/C48H32N2/c1-4-14-33(15-5-1)36-28-37(34-16-6-2-7-17-34)30-38(29-36)35-24-26-43-44-32-40(25-27-47(44)49(48(43)31-35)39-18-8-3-9-19-39)50-45-22-12-10-20-41(45)42-21-11-13-23-46(42)50/h1-32H/i1D,2D,4D,5D,6D,7D,14D,15D,16D,17D. The van der Waals surface area contributed by atoms with E-state index in [9.17, 15) is 0 Å². The summed E-state index contributed by atoms with van der Waals surface area (Å²) in [5.74, 6) is 0. The van der Waals surface area contributed by atoms with Gasteiger partial charge in [-0.3, -0.25) is 0 Å². The van der Waals surface area contributed by atoms with E-state index in [2.05, 4.69) is 75.9 Å². The lowest BCUT2D eigenvalue weighted by Gasteiger charge is -2.12. The van der Waals surface area contributed by atoms with E-state index in [4.69, 9.17) is 13.7 Å². The van der Waals surface area contributed by atoms with Crippen LogP contribution in [0.5, 0.6) is 0 Å². The quantitative estimate of drug-likeness (QED) is 0.176. The Morgan fingerprint density at radius 1 is 0.300 bits per heavy atom. The van der Waals surface area contributed by atoms with Gasteiger partial charge in [-0.1, -0.05) is 127 Å². The van der Waals surface area contributed by atoms with Crippen LogP contribution in [0, 0.1) is 0 Å². The van der Waals surface area contributed by atoms with Gasteiger partial charge in [-0.2, -0.15) is 0 Å².